The summed E-state index contributed by atoms with van der Waals surface area (Å²) in [6.07, 6.45) is 4.93. The molecule has 1 N–H and O–H groups in total. The van der Waals surface area contributed by atoms with Gasteiger partial charge in [0.05, 0.1) is 24.6 Å². The molecule has 0 aromatic carbocycles. The van der Waals surface area contributed by atoms with Gasteiger partial charge in [0, 0.05) is 62.6 Å². The Balaban J connectivity index is 1.41. The molecule has 2 aromatic heterocycles. The van der Waals surface area contributed by atoms with E-state index in [0.717, 1.165) is 18.5 Å². The molecule has 1 aliphatic carbocycles. The number of piperidine rings is 1. The second kappa shape index (κ2) is 7.49. The fourth-order valence-corrected chi connectivity index (χ4v) is 4.06. The van der Waals surface area contributed by atoms with Gasteiger partial charge in [-0.2, -0.15) is 0 Å². The number of nitrogens with zero attached hydrogens (tertiary/aromatic N) is 5. The van der Waals surface area contributed by atoms with E-state index >= 15 is 0 Å². The van der Waals surface area contributed by atoms with Crippen LogP contribution in [0.2, 0.25) is 0 Å². The number of hydrogen-bond acceptors (Lipinski definition) is 6. The minimum Gasteiger partial charge on any atom is -0.371 e. The summed E-state index contributed by atoms with van der Waals surface area (Å²) < 4.78 is 54.8. The largest absolute Gasteiger partial charge is 0.371 e. The molecular formula is C21H24F4N6. The predicted octanol–water partition coefficient (Wildman–Crippen LogP) is 4.57. The lowest BCUT2D eigenvalue weighted by atomic mass is 10.1. The number of aromatic nitrogens is 3. The summed E-state index contributed by atoms with van der Waals surface area (Å²) in [7, 11) is 0. The maximum absolute atomic E-state index is 13.8. The molecule has 3 aliphatic rings. The maximum Gasteiger partial charge on any atom is 0.266 e. The second-order valence-electron chi connectivity index (χ2n) is 8.67. The van der Waals surface area contributed by atoms with E-state index in [0.29, 0.717) is 29.1 Å². The molecule has 31 heavy (non-hydrogen) atoms. The molecule has 10 heteroatoms. The first-order valence-electron chi connectivity index (χ1n) is 10.6. The van der Waals surface area contributed by atoms with Gasteiger partial charge in [0.15, 0.2) is 0 Å². The molecule has 1 saturated carbocycles. The number of rotatable bonds is 5. The highest BCUT2D eigenvalue weighted by molar-refractivity contribution is 5.65. The molecular weight excluding hydrogens is 412 g/mol. The molecule has 0 spiro atoms. The van der Waals surface area contributed by atoms with E-state index in [-0.39, 0.29) is 38.9 Å². The standard InChI is InChI=1S/C21H24F4N6/c22-20(23)3-6-30(7-4-20)15-9-17(28-18-12-26-16(11-27-18)14-1-2-14)29-19(10-15)31-8-5-21(24,25)13-31/h9-12,14H,1-8,13H2,(H,27,28,29). The Morgan fingerprint density at radius 3 is 2.16 bits per heavy atom. The van der Waals surface area contributed by atoms with Gasteiger partial charge in [0.25, 0.3) is 11.8 Å². The van der Waals surface area contributed by atoms with Gasteiger partial charge in [-0.05, 0) is 12.8 Å². The quantitative estimate of drug-likeness (QED) is 0.693. The normalized spacial score (nSPS) is 22.6. The molecule has 2 aliphatic heterocycles. The van der Waals surface area contributed by atoms with E-state index in [9.17, 15) is 17.6 Å². The Labute approximate surface area is 177 Å². The lowest BCUT2D eigenvalue weighted by molar-refractivity contribution is -0.0220. The van der Waals surface area contributed by atoms with Gasteiger partial charge in [0.2, 0.25) is 0 Å². The van der Waals surface area contributed by atoms with E-state index in [1.807, 2.05) is 4.90 Å². The van der Waals surface area contributed by atoms with Gasteiger partial charge >= 0.3 is 0 Å². The highest BCUT2D eigenvalue weighted by Gasteiger charge is 2.39. The third kappa shape index (κ3) is 4.67. The topological polar surface area (TPSA) is 57.2 Å². The molecule has 0 bridgehead atoms. The number of pyridine rings is 1. The Hall–Kier alpha value is -2.65. The van der Waals surface area contributed by atoms with E-state index in [2.05, 4.69) is 20.3 Å². The Bertz CT molecular complexity index is 937. The van der Waals surface area contributed by atoms with Crippen molar-refractivity contribution in [2.75, 3.05) is 41.3 Å². The van der Waals surface area contributed by atoms with Crippen molar-refractivity contribution in [1.29, 1.82) is 0 Å². The maximum atomic E-state index is 13.8. The monoisotopic (exact) mass is 436 g/mol. The number of anilines is 4. The summed E-state index contributed by atoms with van der Waals surface area (Å²) in [5.41, 5.74) is 1.64. The van der Waals surface area contributed by atoms with Gasteiger partial charge in [-0.15, -0.1) is 0 Å². The lowest BCUT2D eigenvalue weighted by Gasteiger charge is -2.34. The first-order valence-corrected chi connectivity index (χ1v) is 10.6. The summed E-state index contributed by atoms with van der Waals surface area (Å²) in [6.45, 7) is 0.178. The van der Waals surface area contributed by atoms with Gasteiger partial charge < -0.3 is 15.1 Å². The highest BCUT2D eigenvalue weighted by Crippen LogP contribution is 2.39. The molecule has 2 saturated heterocycles. The van der Waals surface area contributed by atoms with Crippen molar-refractivity contribution in [2.24, 2.45) is 0 Å². The number of halogens is 4. The zero-order chi connectivity index (χ0) is 21.6. The van der Waals surface area contributed by atoms with E-state index in [1.54, 1.807) is 24.5 Å². The Kier molecular flexibility index (Phi) is 4.90. The van der Waals surface area contributed by atoms with Crippen LogP contribution < -0.4 is 15.1 Å². The molecule has 5 rings (SSSR count). The van der Waals surface area contributed by atoms with E-state index < -0.39 is 18.4 Å². The first-order chi connectivity index (χ1) is 14.8. The predicted molar refractivity (Wildman–Crippen MR) is 110 cm³/mol. The van der Waals surface area contributed by atoms with Crippen molar-refractivity contribution < 1.29 is 17.6 Å². The van der Waals surface area contributed by atoms with Crippen molar-refractivity contribution in [3.8, 4) is 0 Å². The summed E-state index contributed by atoms with van der Waals surface area (Å²) in [5.74, 6) is -3.61. The van der Waals surface area contributed by atoms with Crippen LogP contribution in [0.5, 0.6) is 0 Å². The first kappa shape index (κ1) is 20.3. The zero-order valence-corrected chi connectivity index (χ0v) is 17.0. The van der Waals surface area contributed by atoms with Gasteiger partial charge in [-0.25, -0.2) is 27.5 Å². The lowest BCUT2D eigenvalue weighted by Crippen LogP contribution is -2.39. The average molecular weight is 436 g/mol. The Morgan fingerprint density at radius 2 is 1.55 bits per heavy atom. The van der Waals surface area contributed by atoms with Crippen LogP contribution in [0.4, 0.5) is 40.7 Å². The third-order valence-electron chi connectivity index (χ3n) is 6.07. The summed E-state index contributed by atoms with van der Waals surface area (Å²) in [5, 5.41) is 3.10. The second-order valence-corrected chi connectivity index (χ2v) is 8.67. The molecule has 2 aromatic rings. The average Bonchev–Trinajstić information content (AvgIpc) is 3.51. The molecule has 6 nitrogen and oxygen atoms in total. The summed E-state index contributed by atoms with van der Waals surface area (Å²) >= 11 is 0. The van der Waals surface area contributed by atoms with E-state index in [4.69, 9.17) is 0 Å². The minimum absolute atomic E-state index is 0.191. The van der Waals surface area contributed by atoms with Gasteiger partial charge in [0.1, 0.15) is 17.5 Å². The van der Waals surface area contributed by atoms with Crippen LogP contribution in [0, 0.1) is 0 Å². The van der Waals surface area contributed by atoms with Crippen LogP contribution in [-0.2, 0) is 0 Å². The van der Waals surface area contributed by atoms with Crippen molar-refractivity contribution in [3.63, 3.8) is 0 Å². The fourth-order valence-electron chi connectivity index (χ4n) is 4.06. The van der Waals surface area contributed by atoms with Gasteiger partial charge in [-0.3, -0.25) is 4.98 Å². The molecule has 166 valence electrons. The van der Waals surface area contributed by atoms with Crippen LogP contribution >= 0.6 is 0 Å². The number of hydrogen-bond donors (Lipinski definition) is 1. The minimum atomic E-state index is -2.76. The molecule has 0 unspecified atom stereocenters. The van der Waals surface area contributed by atoms with Crippen molar-refractivity contribution in [2.45, 2.75) is 49.9 Å². The van der Waals surface area contributed by atoms with Crippen molar-refractivity contribution in [1.82, 2.24) is 15.0 Å². The molecule has 4 heterocycles. The van der Waals surface area contributed by atoms with Crippen LogP contribution in [0.1, 0.15) is 43.7 Å². The highest BCUT2D eigenvalue weighted by atomic mass is 19.3. The fraction of sp³-hybridized carbons (Fsp3) is 0.571. The van der Waals surface area contributed by atoms with Crippen molar-refractivity contribution in [3.05, 3.63) is 30.2 Å². The Morgan fingerprint density at radius 1 is 0.839 bits per heavy atom. The summed E-state index contributed by atoms with van der Waals surface area (Å²) in [6, 6.07) is 3.45. The summed E-state index contributed by atoms with van der Waals surface area (Å²) in [4.78, 5) is 16.7. The number of nitrogens with one attached hydrogen (secondary N) is 1. The van der Waals surface area contributed by atoms with Crippen LogP contribution in [-0.4, -0.2) is 53.0 Å². The molecule has 0 amide bonds. The number of alkyl halides is 4. The smallest absolute Gasteiger partial charge is 0.266 e. The third-order valence-corrected chi connectivity index (χ3v) is 6.07. The molecule has 0 radical (unpaired) electrons. The van der Waals surface area contributed by atoms with Crippen LogP contribution in [0.25, 0.3) is 0 Å². The SMILES string of the molecule is FC1(F)CCN(c2cc(Nc3cnc(C4CC4)cn3)nc(N3CCC(F)(F)C3)c2)CC1. The molecule has 3 fully saturated rings. The van der Waals surface area contributed by atoms with Gasteiger partial charge in [-0.1, -0.05) is 0 Å². The zero-order valence-electron chi connectivity index (χ0n) is 17.0. The van der Waals surface area contributed by atoms with E-state index in [1.165, 1.54) is 4.90 Å². The molecule has 0 atom stereocenters. The van der Waals surface area contributed by atoms with Crippen LogP contribution in [0.3, 0.4) is 0 Å². The van der Waals surface area contributed by atoms with Crippen molar-refractivity contribution >= 4 is 23.1 Å². The van der Waals surface area contributed by atoms with Crippen LogP contribution in [0.15, 0.2) is 24.5 Å².